The third kappa shape index (κ3) is 2.86. The summed E-state index contributed by atoms with van der Waals surface area (Å²) in [5, 5.41) is 4.26. The SMILES string of the molecule is Fc1ccc([C@H]2C[C@@H](c3ccc(Cl)cc3)n3c(nc4ccccc43)N2)cc1. The number of hydrogen-bond donors (Lipinski definition) is 1. The summed E-state index contributed by atoms with van der Waals surface area (Å²) >= 11 is 6.10. The maximum absolute atomic E-state index is 13.4. The van der Waals surface area contributed by atoms with Crippen molar-refractivity contribution in [1.82, 2.24) is 9.55 Å². The van der Waals surface area contributed by atoms with Gasteiger partial charge in [-0.2, -0.15) is 0 Å². The first-order valence-corrected chi connectivity index (χ1v) is 9.31. The van der Waals surface area contributed by atoms with Gasteiger partial charge in [-0.3, -0.25) is 0 Å². The molecule has 2 heterocycles. The Labute approximate surface area is 161 Å². The van der Waals surface area contributed by atoms with Crippen LogP contribution in [-0.2, 0) is 0 Å². The number of anilines is 1. The zero-order valence-corrected chi connectivity index (χ0v) is 15.2. The lowest BCUT2D eigenvalue weighted by Gasteiger charge is -2.33. The summed E-state index contributed by atoms with van der Waals surface area (Å²) < 4.78 is 15.6. The van der Waals surface area contributed by atoms with Gasteiger partial charge in [0.2, 0.25) is 5.95 Å². The van der Waals surface area contributed by atoms with E-state index in [1.165, 1.54) is 17.7 Å². The van der Waals surface area contributed by atoms with Gasteiger partial charge in [-0.15, -0.1) is 0 Å². The molecule has 0 bridgehead atoms. The van der Waals surface area contributed by atoms with Crippen LogP contribution in [0.15, 0.2) is 72.8 Å². The molecule has 4 aromatic rings. The van der Waals surface area contributed by atoms with E-state index >= 15 is 0 Å². The molecule has 3 nitrogen and oxygen atoms in total. The number of nitrogens with zero attached hydrogens (tertiary/aromatic N) is 2. The van der Waals surface area contributed by atoms with Gasteiger partial charge in [0.1, 0.15) is 5.82 Å². The van der Waals surface area contributed by atoms with Crippen LogP contribution in [0.4, 0.5) is 10.3 Å². The highest BCUT2D eigenvalue weighted by molar-refractivity contribution is 6.30. The molecule has 3 aromatic carbocycles. The van der Waals surface area contributed by atoms with Crippen LogP contribution in [0.25, 0.3) is 11.0 Å². The largest absolute Gasteiger partial charge is 0.349 e. The third-order valence-corrected chi connectivity index (χ3v) is 5.45. The van der Waals surface area contributed by atoms with Crippen molar-refractivity contribution in [3.05, 3.63) is 94.8 Å². The molecule has 0 radical (unpaired) electrons. The summed E-state index contributed by atoms with van der Waals surface area (Å²) in [4.78, 5) is 4.79. The topological polar surface area (TPSA) is 29.9 Å². The second kappa shape index (κ2) is 6.39. The Balaban J connectivity index is 1.65. The van der Waals surface area contributed by atoms with E-state index in [0.717, 1.165) is 34.0 Å². The summed E-state index contributed by atoms with van der Waals surface area (Å²) in [6, 6.07) is 23.0. The van der Waals surface area contributed by atoms with Crippen LogP contribution in [0, 0.1) is 5.82 Å². The molecule has 1 aliphatic heterocycles. The zero-order valence-electron chi connectivity index (χ0n) is 14.4. The first kappa shape index (κ1) is 16.3. The van der Waals surface area contributed by atoms with Crippen LogP contribution in [0.3, 0.4) is 0 Å². The van der Waals surface area contributed by atoms with E-state index < -0.39 is 0 Å². The number of halogens is 2. The average molecular weight is 378 g/mol. The van der Waals surface area contributed by atoms with Crippen LogP contribution >= 0.6 is 11.6 Å². The van der Waals surface area contributed by atoms with Crippen molar-refractivity contribution >= 4 is 28.6 Å². The highest BCUT2D eigenvalue weighted by atomic mass is 35.5. The van der Waals surface area contributed by atoms with Gasteiger partial charge in [-0.25, -0.2) is 9.37 Å². The number of benzene rings is 3. The lowest BCUT2D eigenvalue weighted by molar-refractivity contribution is 0.477. The Morgan fingerprint density at radius 3 is 2.41 bits per heavy atom. The summed E-state index contributed by atoms with van der Waals surface area (Å²) in [5.74, 6) is 0.604. The summed E-state index contributed by atoms with van der Waals surface area (Å²) in [7, 11) is 0. The number of nitrogens with one attached hydrogen (secondary N) is 1. The smallest absolute Gasteiger partial charge is 0.204 e. The summed E-state index contributed by atoms with van der Waals surface area (Å²) in [6.07, 6.45) is 0.834. The number of rotatable bonds is 2. The number of para-hydroxylation sites is 2. The van der Waals surface area contributed by atoms with Crippen molar-refractivity contribution in [3.63, 3.8) is 0 Å². The molecule has 0 unspecified atom stereocenters. The van der Waals surface area contributed by atoms with Gasteiger partial charge >= 0.3 is 0 Å². The highest BCUT2D eigenvalue weighted by Gasteiger charge is 2.30. The van der Waals surface area contributed by atoms with Crippen molar-refractivity contribution in [3.8, 4) is 0 Å². The predicted octanol–water partition coefficient (Wildman–Crippen LogP) is 5.98. The third-order valence-electron chi connectivity index (χ3n) is 5.20. The van der Waals surface area contributed by atoms with Crippen molar-refractivity contribution in [2.24, 2.45) is 0 Å². The van der Waals surface area contributed by atoms with Gasteiger partial charge in [-0.05, 0) is 53.9 Å². The second-order valence-corrected chi connectivity index (χ2v) is 7.28. The van der Waals surface area contributed by atoms with Gasteiger partial charge < -0.3 is 9.88 Å². The van der Waals surface area contributed by atoms with Gasteiger partial charge in [0.05, 0.1) is 23.1 Å². The van der Waals surface area contributed by atoms with E-state index in [-0.39, 0.29) is 17.9 Å². The molecule has 5 rings (SSSR count). The van der Waals surface area contributed by atoms with E-state index in [1.54, 1.807) is 0 Å². The van der Waals surface area contributed by atoms with Crippen molar-refractivity contribution < 1.29 is 4.39 Å². The van der Waals surface area contributed by atoms with Crippen LogP contribution in [0.1, 0.15) is 29.6 Å². The summed E-state index contributed by atoms with van der Waals surface area (Å²) in [6.45, 7) is 0. The molecular formula is C22H17ClFN3. The van der Waals surface area contributed by atoms with Crippen LogP contribution in [0.2, 0.25) is 5.02 Å². The van der Waals surface area contributed by atoms with Crippen LogP contribution in [0.5, 0.6) is 0 Å². The minimum absolute atomic E-state index is 0.0515. The molecule has 0 fully saturated rings. The van der Waals surface area contributed by atoms with E-state index in [9.17, 15) is 4.39 Å². The van der Waals surface area contributed by atoms with Gasteiger partial charge in [0.25, 0.3) is 0 Å². The highest BCUT2D eigenvalue weighted by Crippen LogP contribution is 2.41. The predicted molar refractivity (Wildman–Crippen MR) is 107 cm³/mol. The standard InChI is InChI=1S/C22H17ClFN3/c23-16-9-5-15(6-10-16)21-13-19(14-7-11-17(24)12-8-14)26-22-25-18-3-1-2-4-20(18)27(21)22/h1-12,19,21H,13H2,(H,25,26)/t19-,21+/m1/s1. The zero-order chi connectivity index (χ0) is 18.4. The number of aromatic nitrogens is 2. The first-order valence-electron chi connectivity index (χ1n) is 8.93. The quantitative estimate of drug-likeness (QED) is 0.466. The Hall–Kier alpha value is -2.85. The van der Waals surface area contributed by atoms with E-state index in [4.69, 9.17) is 16.6 Å². The lowest BCUT2D eigenvalue weighted by atomic mass is 9.93. The number of imidazole rings is 1. The molecule has 1 aromatic heterocycles. The first-order chi connectivity index (χ1) is 13.2. The monoisotopic (exact) mass is 377 g/mol. The van der Waals surface area contributed by atoms with E-state index in [1.807, 2.05) is 42.5 Å². The molecular weight excluding hydrogens is 361 g/mol. The number of hydrogen-bond acceptors (Lipinski definition) is 2. The summed E-state index contributed by atoms with van der Waals surface area (Å²) in [5.41, 5.74) is 4.28. The fourth-order valence-electron chi connectivity index (χ4n) is 3.89. The molecule has 2 atom stereocenters. The lowest BCUT2D eigenvalue weighted by Crippen LogP contribution is -2.27. The fraction of sp³-hybridized carbons (Fsp3) is 0.136. The van der Waals surface area contributed by atoms with E-state index in [2.05, 4.69) is 28.1 Å². The second-order valence-electron chi connectivity index (χ2n) is 6.85. The molecule has 0 saturated heterocycles. The Kier molecular flexibility index (Phi) is 3.87. The van der Waals surface area contributed by atoms with Crippen molar-refractivity contribution in [2.75, 3.05) is 5.32 Å². The number of fused-ring (bicyclic) bond motifs is 3. The van der Waals surface area contributed by atoms with Crippen molar-refractivity contribution in [2.45, 2.75) is 18.5 Å². The molecule has 0 spiro atoms. The molecule has 1 N–H and O–H groups in total. The van der Waals surface area contributed by atoms with Gasteiger partial charge in [0, 0.05) is 5.02 Å². The molecule has 134 valence electrons. The fourth-order valence-corrected chi connectivity index (χ4v) is 4.02. The Bertz CT molecular complexity index is 1100. The normalized spacial score (nSPS) is 18.9. The molecule has 0 amide bonds. The Morgan fingerprint density at radius 2 is 1.63 bits per heavy atom. The van der Waals surface area contributed by atoms with Gasteiger partial charge in [-0.1, -0.05) is 48.0 Å². The maximum atomic E-state index is 13.4. The van der Waals surface area contributed by atoms with Crippen molar-refractivity contribution in [1.29, 1.82) is 0 Å². The van der Waals surface area contributed by atoms with Crippen LogP contribution < -0.4 is 5.32 Å². The Morgan fingerprint density at radius 1 is 0.926 bits per heavy atom. The average Bonchev–Trinajstić information content (AvgIpc) is 3.07. The molecule has 0 aliphatic carbocycles. The minimum Gasteiger partial charge on any atom is -0.349 e. The van der Waals surface area contributed by atoms with Crippen LogP contribution in [-0.4, -0.2) is 9.55 Å². The molecule has 27 heavy (non-hydrogen) atoms. The molecule has 0 saturated carbocycles. The van der Waals surface area contributed by atoms with E-state index in [0.29, 0.717) is 0 Å². The molecule has 5 heteroatoms. The maximum Gasteiger partial charge on any atom is 0.204 e. The van der Waals surface area contributed by atoms with Gasteiger partial charge in [0.15, 0.2) is 0 Å². The minimum atomic E-state index is -0.226. The molecule has 1 aliphatic rings.